The Morgan fingerprint density at radius 3 is 2.81 bits per heavy atom. The Labute approximate surface area is 160 Å². The number of benzene rings is 1. The molecule has 1 aromatic rings. The fraction of sp³-hybridized carbons (Fsp3) is 0.550. The number of esters is 1. The molecular weight excluding hydrogens is 348 g/mol. The van der Waals surface area contributed by atoms with E-state index < -0.39 is 5.97 Å². The van der Waals surface area contributed by atoms with Gasteiger partial charge in [-0.1, -0.05) is 12.1 Å². The average molecular weight is 376 g/mol. The summed E-state index contributed by atoms with van der Waals surface area (Å²) in [7, 11) is 0. The molecule has 1 saturated heterocycles. The van der Waals surface area contributed by atoms with E-state index in [2.05, 4.69) is 5.32 Å². The summed E-state index contributed by atoms with van der Waals surface area (Å²) in [6, 6.07) is 7.26. The molecule has 2 rings (SSSR count). The Bertz CT molecular complexity index is 660. The van der Waals surface area contributed by atoms with Crippen molar-refractivity contribution in [2.75, 3.05) is 26.2 Å². The van der Waals surface area contributed by atoms with E-state index in [1.165, 1.54) is 0 Å². The van der Waals surface area contributed by atoms with Gasteiger partial charge < -0.3 is 19.7 Å². The van der Waals surface area contributed by atoms with E-state index in [1.807, 2.05) is 36.9 Å². The van der Waals surface area contributed by atoms with Crippen LogP contribution in [0.3, 0.4) is 0 Å². The molecular formula is C20H28N2O5. The second kappa shape index (κ2) is 10.5. The van der Waals surface area contributed by atoms with Crippen LogP contribution in [0.5, 0.6) is 5.75 Å². The third-order valence-electron chi connectivity index (χ3n) is 4.08. The number of ether oxygens (including phenoxy) is 2. The second-order valence-electron chi connectivity index (χ2n) is 6.84. The van der Waals surface area contributed by atoms with Gasteiger partial charge in [-0.25, -0.2) is 0 Å². The predicted octanol–water partition coefficient (Wildman–Crippen LogP) is 1.69. The van der Waals surface area contributed by atoms with Crippen LogP contribution in [-0.4, -0.2) is 55.0 Å². The van der Waals surface area contributed by atoms with Crippen LogP contribution in [0.1, 0.15) is 38.7 Å². The number of amides is 2. The molecule has 0 aliphatic carbocycles. The Hall–Kier alpha value is -2.57. The van der Waals surface area contributed by atoms with Crippen molar-refractivity contribution in [3.8, 4) is 5.75 Å². The number of hydrogen-bond acceptors (Lipinski definition) is 5. The average Bonchev–Trinajstić information content (AvgIpc) is 3.01. The van der Waals surface area contributed by atoms with Crippen LogP contribution in [0, 0.1) is 0 Å². The van der Waals surface area contributed by atoms with Gasteiger partial charge in [0, 0.05) is 26.1 Å². The van der Waals surface area contributed by atoms with Crippen molar-refractivity contribution in [2.24, 2.45) is 0 Å². The Balaban J connectivity index is 1.61. The minimum absolute atomic E-state index is 0.0551. The smallest absolute Gasteiger partial charge is 0.310 e. The Kier molecular flexibility index (Phi) is 8.10. The molecule has 1 aromatic carbocycles. The van der Waals surface area contributed by atoms with Crippen molar-refractivity contribution < 1.29 is 23.9 Å². The lowest BCUT2D eigenvalue weighted by atomic mass is 10.1. The van der Waals surface area contributed by atoms with Gasteiger partial charge in [-0.2, -0.15) is 0 Å². The highest BCUT2D eigenvalue weighted by Gasteiger charge is 2.19. The zero-order valence-electron chi connectivity index (χ0n) is 16.0. The molecule has 0 spiro atoms. The van der Waals surface area contributed by atoms with Crippen molar-refractivity contribution in [2.45, 2.75) is 45.6 Å². The third kappa shape index (κ3) is 7.68. The molecule has 2 amide bonds. The van der Waals surface area contributed by atoms with Gasteiger partial charge in [0.2, 0.25) is 5.91 Å². The predicted molar refractivity (Wildman–Crippen MR) is 100 cm³/mol. The third-order valence-corrected chi connectivity index (χ3v) is 4.08. The lowest BCUT2D eigenvalue weighted by molar-refractivity contribution is -0.147. The number of rotatable bonds is 10. The first kappa shape index (κ1) is 20.7. The van der Waals surface area contributed by atoms with Gasteiger partial charge in [0.25, 0.3) is 5.91 Å². The quantitative estimate of drug-likeness (QED) is 0.496. The molecule has 1 heterocycles. The second-order valence-corrected chi connectivity index (χ2v) is 6.84. The summed E-state index contributed by atoms with van der Waals surface area (Å²) in [4.78, 5) is 36.9. The largest absolute Gasteiger partial charge is 0.491 e. The van der Waals surface area contributed by atoms with Gasteiger partial charge in [-0.05, 0) is 44.4 Å². The molecule has 0 atom stereocenters. The SMILES string of the molecule is CC(C)Oc1cccc(CC(=O)OCC(=O)NCCCN2CCCC2=O)c1. The lowest BCUT2D eigenvalue weighted by Crippen LogP contribution is -2.33. The summed E-state index contributed by atoms with van der Waals surface area (Å²) in [5.74, 6) is 0.0742. The van der Waals surface area contributed by atoms with Gasteiger partial charge in [-0.15, -0.1) is 0 Å². The van der Waals surface area contributed by atoms with Crippen LogP contribution >= 0.6 is 0 Å². The zero-order chi connectivity index (χ0) is 19.6. The van der Waals surface area contributed by atoms with Gasteiger partial charge in [0.1, 0.15) is 5.75 Å². The van der Waals surface area contributed by atoms with Crippen LogP contribution in [0.2, 0.25) is 0 Å². The van der Waals surface area contributed by atoms with E-state index in [0.29, 0.717) is 31.7 Å². The summed E-state index contributed by atoms with van der Waals surface area (Å²) in [5, 5.41) is 2.70. The van der Waals surface area contributed by atoms with Crippen LogP contribution in [0.4, 0.5) is 0 Å². The van der Waals surface area contributed by atoms with Gasteiger partial charge >= 0.3 is 5.97 Å². The van der Waals surface area contributed by atoms with Crippen molar-refractivity contribution >= 4 is 17.8 Å². The fourth-order valence-electron chi connectivity index (χ4n) is 2.85. The van der Waals surface area contributed by atoms with E-state index in [1.54, 1.807) is 6.07 Å². The first-order valence-electron chi connectivity index (χ1n) is 9.39. The Morgan fingerprint density at radius 1 is 1.30 bits per heavy atom. The highest BCUT2D eigenvalue weighted by Crippen LogP contribution is 2.15. The van der Waals surface area contributed by atoms with Crippen molar-refractivity contribution in [1.29, 1.82) is 0 Å². The van der Waals surface area contributed by atoms with Gasteiger partial charge in [-0.3, -0.25) is 14.4 Å². The molecule has 1 aliphatic rings. The maximum atomic E-state index is 11.9. The van der Waals surface area contributed by atoms with E-state index >= 15 is 0 Å². The van der Waals surface area contributed by atoms with Crippen LogP contribution in [0.25, 0.3) is 0 Å². The fourth-order valence-corrected chi connectivity index (χ4v) is 2.85. The maximum Gasteiger partial charge on any atom is 0.310 e. The molecule has 0 unspecified atom stereocenters. The minimum atomic E-state index is -0.463. The van der Waals surface area contributed by atoms with Crippen LogP contribution in [0.15, 0.2) is 24.3 Å². The number of nitrogens with zero attached hydrogens (tertiary/aromatic N) is 1. The molecule has 0 saturated carbocycles. The lowest BCUT2D eigenvalue weighted by Gasteiger charge is -2.15. The van der Waals surface area contributed by atoms with Gasteiger partial charge in [0.05, 0.1) is 12.5 Å². The number of carbonyl (C=O) groups excluding carboxylic acids is 3. The maximum absolute atomic E-state index is 11.9. The van der Waals surface area contributed by atoms with Crippen LogP contribution in [-0.2, 0) is 25.5 Å². The molecule has 0 radical (unpaired) electrons. The molecule has 1 fully saturated rings. The van der Waals surface area contributed by atoms with Crippen molar-refractivity contribution in [1.82, 2.24) is 10.2 Å². The molecule has 1 aliphatic heterocycles. The van der Waals surface area contributed by atoms with E-state index in [0.717, 1.165) is 18.5 Å². The Morgan fingerprint density at radius 2 is 2.11 bits per heavy atom. The van der Waals surface area contributed by atoms with Crippen LogP contribution < -0.4 is 10.1 Å². The van der Waals surface area contributed by atoms with Crippen molar-refractivity contribution in [3.05, 3.63) is 29.8 Å². The highest BCUT2D eigenvalue weighted by molar-refractivity contribution is 5.81. The molecule has 0 aromatic heterocycles. The standard InChI is InChI=1S/C20H28N2O5/c1-15(2)27-17-7-3-6-16(12-17)13-20(25)26-14-18(23)21-9-5-11-22-10-4-8-19(22)24/h3,6-7,12,15H,4-5,8-11,13-14H2,1-2H3,(H,21,23). The summed E-state index contributed by atoms with van der Waals surface area (Å²) in [6.45, 7) is 5.46. The molecule has 1 N–H and O–H groups in total. The van der Waals surface area contributed by atoms with E-state index in [9.17, 15) is 14.4 Å². The summed E-state index contributed by atoms with van der Waals surface area (Å²) in [5.41, 5.74) is 0.772. The molecule has 27 heavy (non-hydrogen) atoms. The number of carbonyl (C=O) groups is 3. The number of likely N-dealkylation sites (tertiary alicyclic amines) is 1. The normalized spacial score (nSPS) is 13.7. The topological polar surface area (TPSA) is 84.9 Å². The monoisotopic (exact) mass is 376 g/mol. The molecule has 7 heteroatoms. The van der Waals surface area contributed by atoms with Gasteiger partial charge in [0.15, 0.2) is 6.61 Å². The van der Waals surface area contributed by atoms with E-state index in [-0.39, 0.29) is 30.9 Å². The van der Waals surface area contributed by atoms with E-state index in [4.69, 9.17) is 9.47 Å². The minimum Gasteiger partial charge on any atom is -0.491 e. The first-order valence-corrected chi connectivity index (χ1v) is 9.39. The summed E-state index contributed by atoms with van der Waals surface area (Å²) >= 11 is 0. The molecule has 7 nitrogen and oxygen atoms in total. The summed E-state index contributed by atoms with van der Waals surface area (Å²) < 4.78 is 10.6. The van der Waals surface area contributed by atoms with Crippen molar-refractivity contribution in [3.63, 3.8) is 0 Å². The molecule has 0 bridgehead atoms. The number of nitrogens with one attached hydrogen (secondary N) is 1. The first-order chi connectivity index (χ1) is 12.9. The molecule has 148 valence electrons. The highest BCUT2D eigenvalue weighted by atomic mass is 16.5. The summed E-state index contributed by atoms with van der Waals surface area (Å²) in [6.07, 6.45) is 2.36. The number of hydrogen-bond donors (Lipinski definition) is 1. The zero-order valence-corrected chi connectivity index (χ0v) is 16.0.